The maximum Gasteiger partial charge on any atom is 0.328 e. The van der Waals surface area contributed by atoms with Crippen LogP contribution in [0.4, 0.5) is 5.69 Å². The third-order valence-electron chi connectivity index (χ3n) is 3.52. The smallest absolute Gasteiger partial charge is 0.328 e. The fraction of sp³-hybridized carbons (Fsp3) is 0.222. The van der Waals surface area contributed by atoms with Gasteiger partial charge in [-0.1, -0.05) is 42.5 Å². The van der Waals surface area contributed by atoms with Crippen molar-refractivity contribution in [2.24, 2.45) is 0 Å². The second-order valence-corrected chi connectivity index (χ2v) is 6.36. The summed E-state index contributed by atoms with van der Waals surface area (Å²) in [4.78, 5) is 35.1. The molecule has 2 rings (SSSR count). The lowest BCUT2D eigenvalue weighted by molar-refractivity contribution is -0.387. The highest BCUT2D eigenvalue weighted by Crippen LogP contribution is 2.28. The molecule has 0 aliphatic carbocycles. The average molecular weight is 374 g/mol. The molecular formula is C18H18N2O5S. The predicted octanol–water partition coefficient (Wildman–Crippen LogP) is 2.59. The Kier molecular flexibility index (Phi) is 7.16. The summed E-state index contributed by atoms with van der Waals surface area (Å²) >= 11 is 1.05. The van der Waals surface area contributed by atoms with Gasteiger partial charge in [-0.3, -0.25) is 14.9 Å². The number of amides is 1. The van der Waals surface area contributed by atoms with E-state index in [1.165, 1.54) is 13.2 Å². The fourth-order valence-corrected chi connectivity index (χ4v) is 3.13. The first-order valence-corrected chi connectivity index (χ1v) is 8.77. The van der Waals surface area contributed by atoms with Crippen LogP contribution < -0.4 is 5.32 Å². The van der Waals surface area contributed by atoms with E-state index in [1.807, 2.05) is 30.3 Å². The molecule has 0 spiro atoms. The summed E-state index contributed by atoms with van der Waals surface area (Å²) in [5, 5.41) is 13.6. The van der Waals surface area contributed by atoms with Gasteiger partial charge in [0.15, 0.2) is 0 Å². The molecule has 8 heteroatoms. The lowest BCUT2D eigenvalue weighted by atomic mass is 10.1. The third kappa shape index (κ3) is 5.59. The number of carbonyl (C=O) groups excluding carboxylic acids is 2. The Morgan fingerprint density at radius 2 is 1.81 bits per heavy atom. The number of para-hydroxylation sites is 1. The predicted molar refractivity (Wildman–Crippen MR) is 97.9 cm³/mol. The molecule has 1 N–H and O–H groups in total. The molecule has 2 aromatic carbocycles. The molecule has 0 saturated carbocycles. The van der Waals surface area contributed by atoms with Crippen molar-refractivity contribution >= 4 is 29.3 Å². The van der Waals surface area contributed by atoms with Crippen molar-refractivity contribution in [2.75, 3.05) is 12.9 Å². The number of rotatable bonds is 8. The van der Waals surface area contributed by atoms with Crippen molar-refractivity contribution < 1.29 is 19.2 Å². The van der Waals surface area contributed by atoms with Gasteiger partial charge >= 0.3 is 5.97 Å². The SMILES string of the molecule is COC(=O)C(Cc1ccccc1)NC(=O)CSc1ccccc1[N+](=O)[O-]. The number of carbonyl (C=O) groups is 2. The number of ether oxygens (including phenoxy) is 1. The van der Waals surface area contributed by atoms with Crippen LogP contribution in [0.25, 0.3) is 0 Å². The summed E-state index contributed by atoms with van der Waals surface area (Å²) in [7, 11) is 1.26. The zero-order valence-corrected chi connectivity index (χ0v) is 14.9. The van der Waals surface area contributed by atoms with Crippen molar-refractivity contribution in [3.63, 3.8) is 0 Å². The Bertz CT molecular complexity index is 782. The number of hydrogen-bond donors (Lipinski definition) is 1. The topological polar surface area (TPSA) is 98.5 Å². The van der Waals surface area contributed by atoms with Gasteiger partial charge in [0.2, 0.25) is 5.91 Å². The number of nitro groups is 1. The highest BCUT2D eigenvalue weighted by Gasteiger charge is 2.22. The molecule has 1 atom stereocenters. The number of methoxy groups -OCH3 is 1. The number of nitro benzene ring substituents is 1. The summed E-state index contributed by atoms with van der Waals surface area (Å²) in [6, 6.07) is 14.6. The van der Waals surface area contributed by atoms with Gasteiger partial charge in [0.05, 0.1) is 22.7 Å². The number of nitrogens with one attached hydrogen (secondary N) is 1. The van der Waals surface area contributed by atoms with Gasteiger partial charge in [0.1, 0.15) is 6.04 Å². The second-order valence-electron chi connectivity index (χ2n) is 5.35. The van der Waals surface area contributed by atoms with Crippen molar-refractivity contribution in [1.29, 1.82) is 0 Å². The van der Waals surface area contributed by atoms with Crippen LogP contribution in [0, 0.1) is 10.1 Å². The largest absolute Gasteiger partial charge is 0.467 e. The Morgan fingerprint density at radius 3 is 2.46 bits per heavy atom. The molecule has 0 aliphatic heterocycles. The van der Waals surface area contributed by atoms with Crippen LogP contribution in [-0.2, 0) is 20.7 Å². The van der Waals surface area contributed by atoms with Crippen LogP contribution in [0.15, 0.2) is 59.5 Å². The summed E-state index contributed by atoms with van der Waals surface area (Å²) in [5.74, 6) is -0.995. The van der Waals surface area contributed by atoms with E-state index in [0.29, 0.717) is 11.3 Å². The Morgan fingerprint density at radius 1 is 1.15 bits per heavy atom. The third-order valence-corrected chi connectivity index (χ3v) is 4.59. The first-order chi connectivity index (χ1) is 12.5. The number of benzene rings is 2. The van der Waals surface area contributed by atoms with E-state index >= 15 is 0 Å². The van der Waals surface area contributed by atoms with Crippen LogP contribution in [0.1, 0.15) is 5.56 Å². The Balaban J connectivity index is 1.99. The van der Waals surface area contributed by atoms with Gasteiger partial charge in [-0.25, -0.2) is 4.79 Å². The van der Waals surface area contributed by atoms with Crippen molar-refractivity contribution in [1.82, 2.24) is 5.32 Å². The molecule has 0 aromatic heterocycles. The van der Waals surface area contributed by atoms with Crippen molar-refractivity contribution in [3.8, 4) is 0 Å². The number of thioether (sulfide) groups is 1. The van der Waals surface area contributed by atoms with Crippen LogP contribution >= 0.6 is 11.8 Å². The average Bonchev–Trinajstić information content (AvgIpc) is 2.66. The maximum absolute atomic E-state index is 12.2. The maximum atomic E-state index is 12.2. The van der Waals surface area contributed by atoms with E-state index in [4.69, 9.17) is 4.74 Å². The first kappa shape index (κ1) is 19.5. The Labute approximate surface area is 154 Å². The molecule has 0 aliphatic rings. The van der Waals surface area contributed by atoms with Crippen LogP contribution in [0.2, 0.25) is 0 Å². The fourth-order valence-electron chi connectivity index (χ4n) is 2.29. The van der Waals surface area contributed by atoms with Crippen LogP contribution in [0.5, 0.6) is 0 Å². The van der Waals surface area contributed by atoms with E-state index < -0.39 is 22.8 Å². The monoisotopic (exact) mass is 374 g/mol. The Hall–Kier alpha value is -2.87. The molecule has 0 fully saturated rings. The van der Waals surface area contributed by atoms with Gasteiger partial charge in [-0.2, -0.15) is 0 Å². The van der Waals surface area contributed by atoms with Crippen LogP contribution in [0.3, 0.4) is 0 Å². The minimum absolute atomic E-state index is 0.0485. The van der Waals surface area contributed by atoms with E-state index in [1.54, 1.807) is 18.2 Å². The van der Waals surface area contributed by atoms with E-state index in [-0.39, 0.29) is 11.4 Å². The molecule has 1 amide bonds. The number of nitrogens with zero attached hydrogens (tertiary/aromatic N) is 1. The van der Waals surface area contributed by atoms with Crippen LogP contribution in [-0.4, -0.2) is 35.7 Å². The molecule has 0 radical (unpaired) electrons. The van der Waals surface area contributed by atoms with Crippen molar-refractivity contribution in [3.05, 3.63) is 70.3 Å². The number of hydrogen-bond acceptors (Lipinski definition) is 6. The number of esters is 1. The summed E-state index contributed by atoms with van der Waals surface area (Å²) in [5.41, 5.74) is 0.827. The molecule has 1 unspecified atom stereocenters. The molecule has 0 bridgehead atoms. The molecular weight excluding hydrogens is 356 g/mol. The van der Waals surface area contributed by atoms with Crippen molar-refractivity contribution in [2.45, 2.75) is 17.4 Å². The second kappa shape index (κ2) is 9.57. The minimum Gasteiger partial charge on any atom is -0.467 e. The zero-order valence-electron chi connectivity index (χ0n) is 14.1. The zero-order chi connectivity index (χ0) is 18.9. The molecule has 0 saturated heterocycles. The lowest BCUT2D eigenvalue weighted by Gasteiger charge is -2.16. The summed E-state index contributed by atoms with van der Waals surface area (Å²) in [6.45, 7) is 0. The van der Waals surface area contributed by atoms with Gasteiger partial charge in [0.25, 0.3) is 5.69 Å². The normalized spacial score (nSPS) is 11.4. The first-order valence-electron chi connectivity index (χ1n) is 7.78. The molecule has 136 valence electrons. The molecule has 0 heterocycles. The minimum atomic E-state index is -0.818. The highest BCUT2D eigenvalue weighted by molar-refractivity contribution is 8.00. The van der Waals surface area contributed by atoms with Gasteiger partial charge in [-0.05, 0) is 11.6 Å². The molecule has 26 heavy (non-hydrogen) atoms. The van der Waals surface area contributed by atoms with Gasteiger partial charge in [0, 0.05) is 12.5 Å². The standard InChI is InChI=1S/C18H18N2O5S/c1-25-18(22)14(11-13-7-3-2-4-8-13)19-17(21)12-26-16-10-6-5-9-15(16)20(23)24/h2-10,14H,11-12H2,1H3,(H,19,21). The van der Waals surface area contributed by atoms with Gasteiger partial charge < -0.3 is 10.1 Å². The quantitative estimate of drug-likeness (QED) is 0.330. The molecule has 2 aromatic rings. The summed E-state index contributed by atoms with van der Waals surface area (Å²) < 4.78 is 4.75. The van der Waals surface area contributed by atoms with Gasteiger partial charge in [-0.15, -0.1) is 11.8 Å². The highest BCUT2D eigenvalue weighted by atomic mass is 32.2. The molecule has 7 nitrogen and oxygen atoms in total. The van der Waals surface area contributed by atoms with E-state index in [2.05, 4.69) is 5.32 Å². The van der Waals surface area contributed by atoms with E-state index in [9.17, 15) is 19.7 Å². The van der Waals surface area contributed by atoms with E-state index in [0.717, 1.165) is 17.3 Å². The lowest BCUT2D eigenvalue weighted by Crippen LogP contribution is -2.43. The summed E-state index contributed by atoms with van der Waals surface area (Å²) in [6.07, 6.45) is 0.301.